The van der Waals surface area contributed by atoms with E-state index in [1.807, 2.05) is 12.4 Å². The highest BCUT2D eigenvalue weighted by Gasteiger charge is 2.03. The molecule has 2 aromatic carbocycles. The van der Waals surface area contributed by atoms with Gasteiger partial charge in [-0.05, 0) is 36.5 Å². The second kappa shape index (κ2) is 10.0. The minimum atomic E-state index is 0.803. The molecule has 0 atom stereocenters. The molecule has 0 aliphatic carbocycles. The Kier molecular flexibility index (Phi) is 7.15. The third-order valence-corrected chi connectivity index (χ3v) is 5.05. The minimum Gasteiger partial charge on any atom is -0.236 e. The van der Waals surface area contributed by atoms with Gasteiger partial charge in [-0.1, -0.05) is 93.1 Å². The summed E-state index contributed by atoms with van der Waals surface area (Å²) in [6, 6.07) is 17.1. The summed E-state index contributed by atoms with van der Waals surface area (Å²) in [7, 11) is 0. The van der Waals surface area contributed by atoms with Crippen LogP contribution in [0.15, 0.2) is 60.9 Å². The van der Waals surface area contributed by atoms with Crippen molar-refractivity contribution < 1.29 is 0 Å². The highest BCUT2D eigenvalue weighted by molar-refractivity contribution is 5.67. The molecular weight excluding hydrogens is 328 g/mol. The molecule has 2 nitrogen and oxygen atoms in total. The molecule has 0 saturated heterocycles. The van der Waals surface area contributed by atoms with Gasteiger partial charge in [0.2, 0.25) is 0 Å². The Balaban J connectivity index is 1.56. The van der Waals surface area contributed by atoms with Gasteiger partial charge in [0, 0.05) is 18.0 Å². The van der Waals surface area contributed by atoms with Crippen LogP contribution in [0.25, 0.3) is 22.5 Å². The van der Waals surface area contributed by atoms with Crippen molar-refractivity contribution in [3.05, 3.63) is 72.1 Å². The Morgan fingerprint density at radius 2 is 1.15 bits per heavy atom. The first-order chi connectivity index (χ1) is 13.3. The molecule has 140 valence electrons. The third kappa shape index (κ3) is 5.75. The van der Waals surface area contributed by atoms with E-state index in [4.69, 9.17) is 0 Å². The number of hydrogen-bond acceptors (Lipinski definition) is 2. The first-order valence-corrected chi connectivity index (χ1v) is 10.2. The molecule has 0 unspecified atom stereocenters. The molecule has 0 amide bonds. The summed E-state index contributed by atoms with van der Waals surface area (Å²) in [5.74, 6) is 0.803. The number of aromatic nitrogens is 2. The highest BCUT2D eigenvalue weighted by atomic mass is 14.9. The monoisotopic (exact) mass is 358 g/mol. The summed E-state index contributed by atoms with van der Waals surface area (Å²) < 4.78 is 0. The Hall–Kier alpha value is -2.48. The predicted octanol–water partition coefficient (Wildman–Crippen LogP) is 7.02. The van der Waals surface area contributed by atoms with E-state index >= 15 is 0 Å². The van der Waals surface area contributed by atoms with Gasteiger partial charge in [0.1, 0.15) is 0 Å². The second-order valence-electron chi connectivity index (χ2n) is 7.38. The van der Waals surface area contributed by atoms with Crippen molar-refractivity contribution in [2.45, 2.75) is 58.8 Å². The first kappa shape index (κ1) is 19.3. The number of unbranched alkanes of at least 4 members (excludes halogenated alkanes) is 5. The number of rotatable bonds is 9. The standard InChI is InChI=1S/C25H30N2/c1-3-4-5-6-7-8-9-21-18-26-25(27-19-21)24-16-14-23(15-17-24)22-12-10-20(2)11-13-22/h10-19H,3-9H2,1-2H3. The van der Waals surface area contributed by atoms with Crippen molar-refractivity contribution in [3.63, 3.8) is 0 Å². The molecule has 3 rings (SSSR count). The first-order valence-electron chi connectivity index (χ1n) is 10.2. The molecule has 0 aliphatic rings. The predicted molar refractivity (Wildman–Crippen MR) is 115 cm³/mol. The molecule has 0 radical (unpaired) electrons. The van der Waals surface area contributed by atoms with Gasteiger partial charge in [-0.25, -0.2) is 9.97 Å². The Bertz CT molecular complexity index is 802. The summed E-state index contributed by atoms with van der Waals surface area (Å²) in [5.41, 5.74) is 6.05. The van der Waals surface area contributed by atoms with Crippen molar-refractivity contribution in [2.24, 2.45) is 0 Å². The van der Waals surface area contributed by atoms with E-state index in [0.29, 0.717) is 0 Å². The fraction of sp³-hybridized carbons (Fsp3) is 0.360. The summed E-state index contributed by atoms with van der Waals surface area (Å²) in [5, 5.41) is 0. The van der Waals surface area contributed by atoms with Crippen molar-refractivity contribution in [2.75, 3.05) is 0 Å². The molecule has 0 N–H and O–H groups in total. The fourth-order valence-electron chi connectivity index (χ4n) is 3.30. The van der Waals surface area contributed by atoms with Gasteiger partial charge in [-0.2, -0.15) is 0 Å². The van der Waals surface area contributed by atoms with Gasteiger partial charge >= 0.3 is 0 Å². The van der Waals surface area contributed by atoms with Crippen LogP contribution in [-0.2, 0) is 6.42 Å². The van der Waals surface area contributed by atoms with Crippen molar-refractivity contribution in [3.8, 4) is 22.5 Å². The minimum absolute atomic E-state index is 0.803. The molecular formula is C25H30N2. The van der Waals surface area contributed by atoms with E-state index in [9.17, 15) is 0 Å². The van der Waals surface area contributed by atoms with Crippen LogP contribution in [0.1, 0.15) is 56.6 Å². The van der Waals surface area contributed by atoms with Gasteiger partial charge in [-0.3, -0.25) is 0 Å². The maximum absolute atomic E-state index is 4.58. The van der Waals surface area contributed by atoms with Gasteiger partial charge in [0.15, 0.2) is 5.82 Å². The van der Waals surface area contributed by atoms with Crippen LogP contribution in [0.2, 0.25) is 0 Å². The van der Waals surface area contributed by atoms with Crippen LogP contribution in [0, 0.1) is 6.92 Å². The van der Waals surface area contributed by atoms with Gasteiger partial charge in [0.05, 0.1) is 0 Å². The number of nitrogens with zero attached hydrogens (tertiary/aromatic N) is 2. The largest absolute Gasteiger partial charge is 0.236 e. The summed E-state index contributed by atoms with van der Waals surface area (Å²) >= 11 is 0. The lowest BCUT2D eigenvalue weighted by molar-refractivity contribution is 0.607. The molecule has 2 heteroatoms. The number of aryl methyl sites for hydroxylation is 2. The van der Waals surface area contributed by atoms with Gasteiger partial charge in [0.25, 0.3) is 0 Å². The molecule has 27 heavy (non-hydrogen) atoms. The lowest BCUT2D eigenvalue weighted by atomic mass is 10.0. The number of hydrogen-bond donors (Lipinski definition) is 0. The van der Waals surface area contributed by atoms with E-state index in [0.717, 1.165) is 17.8 Å². The van der Waals surface area contributed by atoms with Crippen LogP contribution < -0.4 is 0 Å². The van der Waals surface area contributed by atoms with E-state index in [1.165, 1.54) is 60.8 Å². The van der Waals surface area contributed by atoms with Gasteiger partial charge < -0.3 is 0 Å². The Morgan fingerprint density at radius 1 is 0.630 bits per heavy atom. The van der Waals surface area contributed by atoms with E-state index in [1.54, 1.807) is 0 Å². The summed E-state index contributed by atoms with van der Waals surface area (Å²) in [4.78, 5) is 9.16. The van der Waals surface area contributed by atoms with E-state index < -0.39 is 0 Å². The second-order valence-corrected chi connectivity index (χ2v) is 7.38. The van der Waals surface area contributed by atoms with Crippen LogP contribution in [-0.4, -0.2) is 9.97 Å². The van der Waals surface area contributed by atoms with Gasteiger partial charge in [-0.15, -0.1) is 0 Å². The molecule has 0 bridgehead atoms. The maximum atomic E-state index is 4.58. The average molecular weight is 359 g/mol. The smallest absolute Gasteiger partial charge is 0.159 e. The zero-order valence-corrected chi connectivity index (χ0v) is 16.6. The van der Waals surface area contributed by atoms with Crippen molar-refractivity contribution in [1.82, 2.24) is 9.97 Å². The fourth-order valence-corrected chi connectivity index (χ4v) is 3.30. The molecule has 0 saturated carbocycles. The summed E-state index contributed by atoms with van der Waals surface area (Å²) in [6.45, 7) is 4.37. The molecule has 0 aliphatic heterocycles. The number of benzene rings is 2. The third-order valence-electron chi connectivity index (χ3n) is 5.05. The summed E-state index contributed by atoms with van der Waals surface area (Å²) in [6.07, 6.45) is 13.0. The van der Waals surface area contributed by atoms with E-state index in [2.05, 4.69) is 72.3 Å². The zero-order chi connectivity index (χ0) is 18.9. The Labute approximate surface area is 163 Å². The average Bonchev–Trinajstić information content (AvgIpc) is 2.72. The zero-order valence-electron chi connectivity index (χ0n) is 16.6. The van der Waals surface area contributed by atoms with Crippen LogP contribution in [0.5, 0.6) is 0 Å². The van der Waals surface area contributed by atoms with Crippen LogP contribution in [0.3, 0.4) is 0 Å². The lowest BCUT2D eigenvalue weighted by Crippen LogP contribution is -1.93. The van der Waals surface area contributed by atoms with Crippen molar-refractivity contribution >= 4 is 0 Å². The quantitative estimate of drug-likeness (QED) is 0.384. The molecule has 1 heterocycles. The maximum Gasteiger partial charge on any atom is 0.159 e. The highest BCUT2D eigenvalue weighted by Crippen LogP contribution is 2.23. The molecule has 0 spiro atoms. The van der Waals surface area contributed by atoms with E-state index in [-0.39, 0.29) is 0 Å². The molecule has 1 aromatic heterocycles. The molecule has 0 fully saturated rings. The van der Waals surface area contributed by atoms with Crippen LogP contribution in [0.4, 0.5) is 0 Å². The lowest BCUT2D eigenvalue weighted by Gasteiger charge is -2.06. The SMILES string of the molecule is CCCCCCCCc1cnc(-c2ccc(-c3ccc(C)cc3)cc2)nc1. The normalized spacial score (nSPS) is 10.9. The Morgan fingerprint density at radius 3 is 1.78 bits per heavy atom. The topological polar surface area (TPSA) is 25.8 Å². The van der Waals surface area contributed by atoms with Crippen LogP contribution >= 0.6 is 0 Å². The molecule has 3 aromatic rings. The van der Waals surface area contributed by atoms with Crippen molar-refractivity contribution in [1.29, 1.82) is 0 Å².